The van der Waals surface area contributed by atoms with Crippen molar-refractivity contribution >= 4 is 23.4 Å². The number of anilines is 2. The van der Waals surface area contributed by atoms with Crippen LogP contribution < -0.4 is 11.1 Å². The van der Waals surface area contributed by atoms with E-state index in [1.165, 1.54) is 0 Å². The number of hydrogen-bond acceptors (Lipinski definition) is 7. The first-order chi connectivity index (χ1) is 13.2. The Morgan fingerprint density at radius 3 is 2.64 bits per heavy atom. The van der Waals surface area contributed by atoms with Gasteiger partial charge in [0.05, 0.1) is 6.10 Å². The molecule has 1 aliphatic heterocycles. The van der Waals surface area contributed by atoms with Crippen molar-refractivity contribution in [2.45, 2.75) is 70.6 Å². The van der Waals surface area contributed by atoms with E-state index in [9.17, 15) is 9.90 Å². The summed E-state index contributed by atoms with van der Waals surface area (Å²) in [5.74, 6) is 0.958. The average Bonchev–Trinajstić information content (AvgIpc) is 2.63. The third-order valence-corrected chi connectivity index (χ3v) is 5.05. The fraction of sp³-hybridized carbons (Fsp3) is 0.650. The SMILES string of the molecule is CC(C)(C)OC(=O)N1CC=C(c2cnc(N)nc2NC2CCC(O)CC2)CC1. The van der Waals surface area contributed by atoms with Crippen LogP contribution in [0.25, 0.3) is 5.57 Å². The number of rotatable bonds is 3. The van der Waals surface area contributed by atoms with Crippen molar-refractivity contribution in [3.8, 4) is 0 Å². The highest BCUT2D eigenvalue weighted by molar-refractivity contribution is 5.77. The number of carbonyl (C=O) groups is 1. The Hall–Kier alpha value is -2.35. The Morgan fingerprint density at radius 2 is 2.04 bits per heavy atom. The molecule has 4 N–H and O–H groups in total. The molecule has 1 saturated carbocycles. The number of amides is 1. The number of aliphatic hydroxyl groups excluding tert-OH is 1. The smallest absolute Gasteiger partial charge is 0.410 e. The molecule has 0 atom stereocenters. The zero-order valence-electron chi connectivity index (χ0n) is 16.9. The van der Waals surface area contributed by atoms with Gasteiger partial charge in [0.1, 0.15) is 11.4 Å². The van der Waals surface area contributed by atoms with Crippen molar-refractivity contribution in [2.75, 3.05) is 24.1 Å². The Morgan fingerprint density at radius 1 is 1.32 bits per heavy atom. The minimum absolute atomic E-state index is 0.201. The van der Waals surface area contributed by atoms with Gasteiger partial charge in [-0.3, -0.25) is 0 Å². The molecule has 1 aromatic rings. The lowest BCUT2D eigenvalue weighted by Gasteiger charge is -2.30. The summed E-state index contributed by atoms with van der Waals surface area (Å²) in [6, 6.07) is 0.263. The molecule has 1 amide bonds. The van der Waals surface area contributed by atoms with Gasteiger partial charge in [0.2, 0.25) is 5.95 Å². The first kappa shape index (κ1) is 20.4. The van der Waals surface area contributed by atoms with Crippen LogP contribution in [0.2, 0.25) is 0 Å². The van der Waals surface area contributed by atoms with Crippen LogP contribution in [-0.2, 0) is 4.74 Å². The fourth-order valence-electron chi connectivity index (χ4n) is 3.56. The highest BCUT2D eigenvalue weighted by Crippen LogP contribution is 2.30. The summed E-state index contributed by atoms with van der Waals surface area (Å²) in [5.41, 5.74) is 7.33. The monoisotopic (exact) mass is 389 g/mol. The van der Waals surface area contributed by atoms with E-state index in [1.54, 1.807) is 11.1 Å². The van der Waals surface area contributed by atoms with Crippen molar-refractivity contribution in [1.82, 2.24) is 14.9 Å². The quantitative estimate of drug-likeness (QED) is 0.728. The molecule has 154 valence electrons. The summed E-state index contributed by atoms with van der Waals surface area (Å²) in [4.78, 5) is 22.5. The number of aromatic nitrogens is 2. The van der Waals surface area contributed by atoms with Crippen molar-refractivity contribution in [2.24, 2.45) is 0 Å². The number of hydrogen-bond donors (Lipinski definition) is 3. The van der Waals surface area contributed by atoms with Crippen LogP contribution >= 0.6 is 0 Å². The summed E-state index contributed by atoms with van der Waals surface area (Å²) in [5, 5.41) is 13.2. The maximum Gasteiger partial charge on any atom is 0.410 e. The van der Waals surface area contributed by atoms with E-state index in [2.05, 4.69) is 15.3 Å². The van der Waals surface area contributed by atoms with Crippen LogP contribution in [0.5, 0.6) is 0 Å². The van der Waals surface area contributed by atoms with Crippen LogP contribution in [0.4, 0.5) is 16.6 Å². The normalized spacial score (nSPS) is 23.1. The van der Waals surface area contributed by atoms with Gasteiger partial charge in [-0.05, 0) is 58.4 Å². The molecule has 1 fully saturated rings. The van der Waals surface area contributed by atoms with Gasteiger partial charge in [0.15, 0.2) is 0 Å². The third kappa shape index (κ3) is 5.34. The van der Waals surface area contributed by atoms with Crippen molar-refractivity contribution in [3.05, 3.63) is 17.8 Å². The Balaban J connectivity index is 1.71. The molecule has 0 unspecified atom stereocenters. The van der Waals surface area contributed by atoms with Crippen LogP contribution in [0.3, 0.4) is 0 Å². The van der Waals surface area contributed by atoms with Gasteiger partial charge in [-0.25, -0.2) is 9.78 Å². The van der Waals surface area contributed by atoms with E-state index in [4.69, 9.17) is 10.5 Å². The Bertz CT molecular complexity index is 736. The van der Waals surface area contributed by atoms with Crippen molar-refractivity contribution in [3.63, 3.8) is 0 Å². The van der Waals surface area contributed by atoms with E-state index in [0.29, 0.717) is 19.5 Å². The summed E-state index contributed by atoms with van der Waals surface area (Å²) in [6.07, 6.45) is 7.36. The lowest BCUT2D eigenvalue weighted by Crippen LogP contribution is -2.39. The minimum Gasteiger partial charge on any atom is -0.444 e. The predicted molar refractivity (Wildman–Crippen MR) is 109 cm³/mol. The number of nitrogens with two attached hydrogens (primary N) is 1. The average molecular weight is 390 g/mol. The molecule has 8 heteroatoms. The zero-order valence-corrected chi connectivity index (χ0v) is 16.9. The van der Waals surface area contributed by atoms with E-state index >= 15 is 0 Å². The van der Waals surface area contributed by atoms with Crippen molar-refractivity contribution < 1.29 is 14.6 Å². The van der Waals surface area contributed by atoms with E-state index < -0.39 is 5.60 Å². The molecule has 2 aliphatic rings. The predicted octanol–water partition coefficient (Wildman–Crippen LogP) is 2.80. The molecule has 8 nitrogen and oxygen atoms in total. The summed E-state index contributed by atoms with van der Waals surface area (Å²) >= 11 is 0. The highest BCUT2D eigenvalue weighted by atomic mass is 16.6. The van der Waals surface area contributed by atoms with E-state index in [-0.39, 0.29) is 24.2 Å². The molecule has 0 aromatic carbocycles. The largest absolute Gasteiger partial charge is 0.444 e. The molecule has 1 aromatic heterocycles. The second-order valence-electron chi connectivity index (χ2n) is 8.55. The molecule has 0 bridgehead atoms. The number of nitrogen functional groups attached to an aromatic ring is 1. The standard InChI is InChI=1S/C20H31N5O3/c1-20(2,3)28-19(27)25-10-8-13(9-11-25)16-12-22-18(21)24-17(16)23-14-4-6-15(26)7-5-14/h8,12,14-15,26H,4-7,9-11H2,1-3H3,(H3,21,22,23,24). The lowest BCUT2D eigenvalue weighted by molar-refractivity contribution is 0.0270. The van der Waals surface area contributed by atoms with Crippen LogP contribution in [0, 0.1) is 0 Å². The number of carbonyl (C=O) groups excluding carboxylic acids is 1. The molecular formula is C20H31N5O3. The molecule has 3 rings (SSSR count). The van der Waals surface area contributed by atoms with Gasteiger partial charge in [-0.15, -0.1) is 0 Å². The zero-order chi connectivity index (χ0) is 20.3. The topological polar surface area (TPSA) is 114 Å². The number of ether oxygens (including phenoxy) is 1. The Kier molecular flexibility index (Phi) is 6.07. The maximum atomic E-state index is 12.3. The lowest BCUT2D eigenvalue weighted by atomic mass is 9.92. The van der Waals surface area contributed by atoms with Gasteiger partial charge in [-0.1, -0.05) is 6.08 Å². The van der Waals surface area contributed by atoms with Crippen LogP contribution in [0.1, 0.15) is 58.4 Å². The third-order valence-electron chi connectivity index (χ3n) is 5.05. The summed E-state index contributed by atoms with van der Waals surface area (Å²) < 4.78 is 5.45. The van der Waals surface area contributed by atoms with Gasteiger partial charge in [0, 0.05) is 30.9 Å². The van der Waals surface area contributed by atoms with E-state index in [1.807, 2.05) is 26.8 Å². The fourth-order valence-corrected chi connectivity index (χ4v) is 3.56. The highest BCUT2D eigenvalue weighted by Gasteiger charge is 2.26. The maximum absolute atomic E-state index is 12.3. The van der Waals surface area contributed by atoms with Gasteiger partial charge in [-0.2, -0.15) is 4.98 Å². The number of nitrogens with zero attached hydrogens (tertiary/aromatic N) is 3. The molecule has 28 heavy (non-hydrogen) atoms. The molecule has 1 aliphatic carbocycles. The van der Waals surface area contributed by atoms with Gasteiger partial charge >= 0.3 is 6.09 Å². The second-order valence-corrected chi connectivity index (χ2v) is 8.55. The van der Waals surface area contributed by atoms with Crippen LogP contribution in [-0.4, -0.2) is 56.9 Å². The number of aliphatic hydroxyl groups is 1. The number of nitrogens with one attached hydrogen (secondary N) is 1. The molecule has 0 saturated heterocycles. The first-order valence-corrected chi connectivity index (χ1v) is 9.96. The molecule has 2 heterocycles. The van der Waals surface area contributed by atoms with Gasteiger partial charge < -0.3 is 25.8 Å². The van der Waals surface area contributed by atoms with Crippen molar-refractivity contribution in [1.29, 1.82) is 0 Å². The van der Waals surface area contributed by atoms with Gasteiger partial charge in [0.25, 0.3) is 0 Å². The summed E-state index contributed by atoms with van der Waals surface area (Å²) in [7, 11) is 0. The van der Waals surface area contributed by atoms with E-state index in [0.717, 1.165) is 42.6 Å². The molecule has 0 spiro atoms. The minimum atomic E-state index is -0.503. The second kappa shape index (κ2) is 8.34. The van der Waals surface area contributed by atoms with Crippen LogP contribution in [0.15, 0.2) is 12.3 Å². The Labute approximate surface area is 166 Å². The molecule has 0 radical (unpaired) electrons. The molecular weight excluding hydrogens is 358 g/mol. The summed E-state index contributed by atoms with van der Waals surface area (Å²) in [6.45, 7) is 6.67. The first-order valence-electron chi connectivity index (χ1n) is 9.96.